The lowest BCUT2D eigenvalue weighted by atomic mass is 9.89. The molecule has 0 atom stereocenters. The Morgan fingerprint density at radius 1 is 1.20 bits per heavy atom. The molecule has 30 heavy (non-hydrogen) atoms. The Hall–Kier alpha value is -3.42. The van der Waals surface area contributed by atoms with E-state index in [0.717, 1.165) is 42.9 Å². The average Bonchev–Trinajstić information content (AvgIpc) is 3.21. The van der Waals surface area contributed by atoms with Gasteiger partial charge in [-0.3, -0.25) is 13.9 Å². The van der Waals surface area contributed by atoms with E-state index >= 15 is 0 Å². The smallest absolute Gasteiger partial charge is 0.332 e. The Kier molecular flexibility index (Phi) is 5.39. The predicted octanol–water partition coefficient (Wildman–Crippen LogP) is 2.77. The molecule has 0 unspecified atom stereocenters. The van der Waals surface area contributed by atoms with Crippen LogP contribution in [-0.4, -0.2) is 30.2 Å². The number of aromatic amines is 1. The summed E-state index contributed by atoms with van der Waals surface area (Å²) in [5.41, 5.74) is 1.44. The molecule has 8 nitrogen and oxygen atoms in total. The van der Waals surface area contributed by atoms with E-state index in [4.69, 9.17) is 5.11 Å². The first kappa shape index (κ1) is 19.9. The molecule has 1 aliphatic rings. The second-order valence-corrected chi connectivity index (χ2v) is 7.84. The number of H-pyrrole nitrogens is 1. The van der Waals surface area contributed by atoms with E-state index in [0.29, 0.717) is 29.5 Å². The van der Waals surface area contributed by atoms with E-state index in [2.05, 4.69) is 9.97 Å². The highest BCUT2D eigenvalue weighted by Gasteiger charge is 2.20. The summed E-state index contributed by atoms with van der Waals surface area (Å²) in [6.45, 7) is 0.445. The summed E-state index contributed by atoms with van der Waals surface area (Å²) in [5, 5.41) is 8.73. The second kappa shape index (κ2) is 8.14. The number of fused-ring (bicyclic) bond motifs is 1. The Bertz CT molecular complexity index is 1220. The van der Waals surface area contributed by atoms with E-state index < -0.39 is 5.97 Å². The molecule has 2 N–H and O–H groups in total. The summed E-state index contributed by atoms with van der Waals surface area (Å²) >= 11 is 0. The zero-order valence-electron chi connectivity index (χ0n) is 16.8. The van der Waals surface area contributed by atoms with E-state index in [9.17, 15) is 14.4 Å². The van der Waals surface area contributed by atoms with Crippen molar-refractivity contribution in [3.8, 4) is 11.4 Å². The Labute approximate surface area is 172 Å². The zero-order chi connectivity index (χ0) is 21.3. The molecule has 0 saturated heterocycles. The Morgan fingerprint density at radius 2 is 1.90 bits per heavy atom. The van der Waals surface area contributed by atoms with Crippen LogP contribution in [0.2, 0.25) is 0 Å². The number of carbonyl (C=O) groups is 1. The minimum atomic E-state index is -1.01. The first-order chi connectivity index (χ1) is 14.4. The highest BCUT2D eigenvalue weighted by molar-refractivity contribution is 5.85. The third-order valence-corrected chi connectivity index (χ3v) is 5.75. The van der Waals surface area contributed by atoms with E-state index in [1.165, 1.54) is 21.6 Å². The van der Waals surface area contributed by atoms with Crippen molar-refractivity contribution in [2.75, 3.05) is 0 Å². The van der Waals surface area contributed by atoms with Gasteiger partial charge in [0.1, 0.15) is 11.3 Å². The van der Waals surface area contributed by atoms with Gasteiger partial charge in [-0.2, -0.15) is 0 Å². The lowest BCUT2D eigenvalue weighted by Crippen LogP contribution is -2.41. The fourth-order valence-corrected chi connectivity index (χ4v) is 4.09. The van der Waals surface area contributed by atoms with Crippen LogP contribution in [0.3, 0.4) is 0 Å². The van der Waals surface area contributed by atoms with Crippen LogP contribution in [0.1, 0.15) is 37.7 Å². The van der Waals surface area contributed by atoms with E-state index in [1.54, 1.807) is 31.3 Å². The lowest BCUT2D eigenvalue weighted by molar-refractivity contribution is -0.131. The molecule has 1 saturated carbocycles. The first-order valence-corrected chi connectivity index (χ1v) is 10.1. The molecule has 2 aromatic heterocycles. The lowest BCUT2D eigenvalue weighted by Gasteiger charge is -2.22. The highest BCUT2D eigenvalue weighted by atomic mass is 16.4. The summed E-state index contributed by atoms with van der Waals surface area (Å²) in [4.78, 5) is 44.0. The fourth-order valence-electron chi connectivity index (χ4n) is 4.09. The maximum absolute atomic E-state index is 13.0. The van der Waals surface area contributed by atoms with E-state index in [-0.39, 0.29) is 11.2 Å². The topological polar surface area (TPSA) is 110 Å². The number of hydrogen-bond donors (Lipinski definition) is 2. The fraction of sp³-hybridized carbons (Fsp3) is 0.364. The number of carboxylic acid groups (broad SMARTS) is 1. The summed E-state index contributed by atoms with van der Waals surface area (Å²) in [7, 11) is 1.63. The van der Waals surface area contributed by atoms with Crippen LogP contribution < -0.4 is 11.2 Å². The molecular formula is C22H24N4O4. The SMILES string of the molecule is Cn1c(=O)n(CC2CCCCC2)c(=O)c2[nH]c(-c3ccc(C=CC(=O)O)cc3)nc21. The first-order valence-electron chi connectivity index (χ1n) is 10.1. The zero-order valence-corrected chi connectivity index (χ0v) is 16.8. The van der Waals surface area contributed by atoms with Crippen LogP contribution in [0.5, 0.6) is 0 Å². The number of benzene rings is 1. The normalized spacial score (nSPS) is 15.2. The summed E-state index contributed by atoms with van der Waals surface area (Å²) in [6, 6.07) is 7.11. The standard InChI is InChI=1S/C22H24N4O4/c1-25-20-18(21(29)26(22(25)30)13-15-5-3-2-4-6-15)23-19(24-20)16-10-7-14(8-11-16)9-12-17(27)28/h7-12,15H,2-6,13H2,1H3,(H,23,24)(H,27,28). The molecule has 3 aromatic rings. The largest absolute Gasteiger partial charge is 0.478 e. The number of hydrogen-bond acceptors (Lipinski definition) is 4. The van der Waals surface area contributed by atoms with Gasteiger partial charge in [-0.1, -0.05) is 43.5 Å². The van der Waals surface area contributed by atoms with Gasteiger partial charge < -0.3 is 10.1 Å². The number of carboxylic acids is 1. The number of nitrogens with zero attached hydrogens (tertiary/aromatic N) is 3. The average molecular weight is 408 g/mol. The van der Waals surface area contributed by atoms with Crippen LogP contribution in [0, 0.1) is 5.92 Å². The molecule has 1 aromatic carbocycles. The number of nitrogens with one attached hydrogen (secondary N) is 1. The molecule has 1 fully saturated rings. The highest BCUT2D eigenvalue weighted by Crippen LogP contribution is 2.24. The number of aliphatic carboxylic acids is 1. The molecule has 0 amide bonds. The van der Waals surface area contributed by atoms with Crippen molar-refractivity contribution < 1.29 is 9.90 Å². The van der Waals surface area contributed by atoms with Gasteiger partial charge in [-0.15, -0.1) is 0 Å². The molecule has 0 spiro atoms. The summed E-state index contributed by atoms with van der Waals surface area (Å²) in [5.74, 6) is -0.168. The number of rotatable bonds is 5. The summed E-state index contributed by atoms with van der Waals surface area (Å²) < 4.78 is 2.75. The molecule has 4 rings (SSSR count). The van der Waals surface area contributed by atoms with Crippen molar-refractivity contribution in [2.24, 2.45) is 13.0 Å². The van der Waals surface area contributed by atoms with Crippen molar-refractivity contribution in [1.82, 2.24) is 19.1 Å². The van der Waals surface area contributed by atoms with Gasteiger partial charge in [0, 0.05) is 25.2 Å². The van der Waals surface area contributed by atoms with Crippen LogP contribution >= 0.6 is 0 Å². The second-order valence-electron chi connectivity index (χ2n) is 7.84. The van der Waals surface area contributed by atoms with Gasteiger partial charge in [-0.05, 0) is 30.4 Å². The third kappa shape index (κ3) is 3.85. The van der Waals surface area contributed by atoms with Crippen molar-refractivity contribution in [1.29, 1.82) is 0 Å². The van der Waals surface area contributed by atoms with E-state index in [1.807, 2.05) is 0 Å². The quantitative estimate of drug-likeness (QED) is 0.631. The molecule has 0 bridgehead atoms. The molecule has 8 heteroatoms. The van der Waals surface area contributed by atoms with Gasteiger partial charge in [0.25, 0.3) is 5.56 Å². The minimum absolute atomic E-state index is 0.317. The monoisotopic (exact) mass is 408 g/mol. The number of aromatic nitrogens is 4. The van der Waals surface area contributed by atoms with Gasteiger partial charge in [0.05, 0.1) is 0 Å². The Balaban J connectivity index is 1.71. The Morgan fingerprint density at radius 3 is 2.57 bits per heavy atom. The van der Waals surface area contributed by atoms with Crippen molar-refractivity contribution in [3.63, 3.8) is 0 Å². The molecular weight excluding hydrogens is 384 g/mol. The van der Waals surface area contributed by atoms with Crippen LogP contribution in [-0.2, 0) is 18.4 Å². The van der Waals surface area contributed by atoms with Gasteiger partial charge in [0.2, 0.25) is 0 Å². The number of aryl methyl sites for hydroxylation is 1. The van der Waals surface area contributed by atoms with Gasteiger partial charge in [0.15, 0.2) is 5.65 Å². The van der Waals surface area contributed by atoms with Gasteiger partial charge in [-0.25, -0.2) is 14.6 Å². The number of imidazole rings is 1. The summed E-state index contributed by atoms with van der Waals surface area (Å²) in [6.07, 6.45) is 8.17. The maximum Gasteiger partial charge on any atom is 0.332 e. The maximum atomic E-state index is 13.0. The molecule has 0 radical (unpaired) electrons. The molecule has 156 valence electrons. The van der Waals surface area contributed by atoms with Crippen molar-refractivity contribution >= 4 is 23.2 Å². The van der Waals surface area contributed by atoms with Crippen LogP contribution in [0.4, 0.5) is 0 Å². The predicted molar refractivity (Wildman–Crippen MR) is 114 cm³/mol. The third-order valence-electron chi connectivity index (χ3n) is 5.75. The molecule has 2 heterocycles. The van der Waals surface area contributed by atoms with Gasteiger partial charge >= 0.3 is 11.7 Å². The minimum Gasteiger partial charge on any atom is -0.478 e. The van der Waals surface area contributed by atoms with Crippen molar-refractivity contribution in [2.45, 2.75) is 38.6 Å². The molecule has 0 aliphatic heterocycles. The molecule has 1 aliphatic carbocycles. The van der Waals surface area contributed by atoms with Crippen LogP contribution in [0.25, 0.3) is 28.6 Å². The van der Waals surface area contributed by atoms with Crippen LogP contribution in [0.15, 0.2) is 39.9 Å². The van der Waals surface area contributed by atoms with Crippen molar-refractivity contribution in [3.05, 3.63) is 56.7 Å².